The number of rotatable bonds is 2. The number of nitrogens with zero attached hydrogens (tertiary/aromatic N) is 2. The van der Waals surface area contributed by atoms with Crippen LogP contribution in [0.1, 0.15) is 32.1 Å². The minimum absolute atomic E-state index is 0.772. The molecule has 1 aromatic carbocycles. The second kappa shape index (κ2) is 4.82. The van der Waals surface area contributed by atoms with Gasteiger partial charge < -0.3 is 9.80 Å². The van der Waals surface area contributed by atoms with Gasteiger partial charge in [-0.3, -0.25) is 0 Å². The maximum Gasteiger partial charge on any atom is 0.0944 e. The number of anilines is 1. The summed E-state index contributed by atoms with van der Waals surface area (Å²) in [4.78, 5) is 4.83. The van der Waals surface area contributed by atoms with Crippen molar-refractivity contribution in [2.75, 3.05) is 11.6 Å². The molecule has 90 valence electrons. The smallest absolute Gasteiger partial charge is 0.0944 e. The summed E-state index contributed by atoms with van der Waals surface area (Å²) in [5, 5.41) is 0. The third kappa shape index (κ3) is 2.31. The van der Waals surface area contributed by atoms with E-state index in [0.717, 1.165) is 12.7 Å². The first-order valence-corrected chi connectivity index (χ1v) is 6.69. The summed E-state index contributed by atoms with van der Waals surface area (Å²) in [5.41, 5.74) is 1.29. The fraction of sp³-hybridized carbons (Fsp3) is 0.467. The van der Waals surface area contributed by atoms with Crippen LogP contribution in [0.15, 0.2) is 42.7 Å². The van der Waals surface area contributed by atoms with Gasteiger partial charge in [0.05, 0.1) is 6.67 Å². The van der Waals surface area contributed by atoms with Gasteiger partial charge in [-0.05, 0) is 25.0 Å². The van der Waals surface area contributed by atoms with E-state index in [-0.39, 0.29) is 0 Å². The summed E-state index contributed by atoms with van der Waals surface area (Å²) in [7, 11) is 0. The molecular weight excluding hydrogens is 208 g/mol. The summed E-state index contributed by atoms with van der Waals surface area (Å²) in [5.74, 6) is 0. The maximum atomic E-state index is 2.51. The summed E-state index contributed by atoms with van der Waals surface area (Å²) in [6, 6.07) is 11.4. The zero-order valence-electron chi connectivity index (χ0n) is 10.3. The van der Waals surface area contributed by atoms with Gasteiger partial charge in [-0.25, -0.2) is 0 Å². The Bertz CT molecular complexity index is 379. The monoisotopic (exact) mass is 228 g/mol. The SMILES string of the molecule is C1=CN(C2CCCCC2)CN1c1ccccc1. The van der Waals surface area contributed by atoms with Crippen molar-refractivity contribution in [2.45, 2.75) is 38.1 Å². The van der Waals surface area contributed by atoms with Crippen LogP contribution >= 0.6 is 0 Å². The zero-order valence-corrected chi connectivity index (χ0v) is 10.3. The van der Waals surface area contributed by atoms with Crippen molar-refractivity contribution in [3.63, 3.8) is 0 Å². The Hall–Kier alpha value is -1.44. The molecule has 1 fully saturated rings. The quantitative estimate of drug-likeness (QED) is 0.763. The highest BCUT2D eigenvalue weighted by atomic mass is 15.4. The average Bonchev–Trinajstić information content (AvgIpc) is 2.90. The fourth-order valence-corrected chi connectivity index (χ4v) is 2.87. The van der Waals surface area contributed by atoms with E-state index < -0.39 is 0 Å². The predicted octanol–water partition coefficient (Wildman–Crippen LogP) is 3.57. The lowest BCUT2D eigenvalue weighted by atomic mass is 9.95. The molecule has 0 spiro atoms. The van der Waals surface area contributed by atoms with Gasteiger partial charge in [0.2, 0.25) is 0 Å². The number of hydrogen-bond donors (Lipinski definition) is 0. The molecule has 1 aliphatic heterocycles. The summed E-state index contributed by atoms with van der Waals surface area (Å²) < 4.78 is 0. The topological polar surface area (TPSA) is 6.48 Å². The molecule has 3 rings (SSSR count). The van der Waals surface area contributed by atoms with Crippen LogP contribution in [-0.4, -0.2) is 17.6 Å². The Morgan fingerprint density at radius 3 is 2.41 bits per heavy atom. The van der Waals surface area contributed by atoms with Crippen LogP contribution in [0, 0.1) is 0 Å². The summed E-state index contributed by atoms with van der Waals surface area (Å²) >= 11 is 0. The second-order valence-electron chi connectivity index (χ2n) is 5.05. The first-order valence-electron chi connectivity index (χ1n) is 6.69. The molecule has 0 saturated heterocycles. The van der Waals surface area contributed by atoms with E-state index in [1.807, 2.05) is 0 Å². The highest BCUT2D eigenvalue weighted by Gasteiger charge is 2.23. The van der Waals surface area contributed by atoms with Crippen LogP contribution in [0.25, 0.3) is 0 Å². The molecule has 0 bridgehead atoms. The Morgan fingerprint density at radius 2 is 1.65 bits per heavy atom. The van der Waals surface area contributed by atoms with E-state index in [1.54, 1.807) is 0 Å². The minimum Gasteiger partial charge on any atom is -0.355 e. The van der Waals surface area contributed by atoms with Crippen molar-refractivity contribution in [1.29, 1.82) is 0 Å². The van der Waals surface area contributed by atoms with E-state index in [4.69, 9.17) is 0 Å². The lowest BCUT2D eigenvalue weighted by Gasteiger charge is -2.32. The molecule has 17 heavy (non-hydrogen) atoms. The van der Waals surface area contributed by atoms with Gasteiger partial charge in [-0.2, -0.15) is 0 Å². The molecule has 1 aliphatic carbocycles. The molecule has 2 heteroatoms. The van der Waals surface area contributed by atoms with Crippen LogP contribution in [0.3, 0.4) is 0 Å². The number of para-hydroxylation sites is 1. The Balaban J connectivity index is 1.64. The lowest BCUT2D eigenvalue weighted by molar-refractivity contribution is 0.232. The normalized spacial score (nSPS) is 21.2. The highest BCUT2D eigenvalue weighted by molar-refractivity contribution is 5.49. The van der Waals surface area contributed by atoms with Crippen molar-refractivity contribution in [2.24, 2.45) is 0 Å². The van der Waals surface area contributed by atoms with Gasteiger partial charge in [0.15, 0.2) is 0 Å². The second-order valence-corrected chi connectivity index (χ2v) is 5.05. The third-order valence-electron chi connectivity index (χ3n) is 3.89. The van der Waals surface area contributed by atoms with Crippen LogP contribution in [0.2, 0.25) is 0 Å². The van der Waals surface area contributed by atoms with Crippen molar-refractivity contribution < 1.29 is 0 Å². The predicted molar refractivity (Wildman–Crippen MR) is 71.6 cm³/mol. The van der Waals surface area contributed by atoms with Gasteiger partial charge in [-0.1, -0.05) is 37.5 Å². The van der Waals surface area contributed by atoms with E-state index in [0.29, 0.717) is 0 Å². The van der Waals surface area contributed by atoms with Gasteiger partial charge in [0.25, 0.3) is 0 Å². The molecule has 0 aromatic heterocycles. The molecule has 0 unspecified atom stereocenters. The highest BCUT2D eigenvalue weighted by Crippen LogP contribution is 2.27. The zero-order chi connectivity index (χ0) is 11.5. The fourth-order valence-electron chi connectivity index (χ4n) is 2.87. The van der Waals surface area contributed by atoms with Gasteiger partial charge in [-0.15, -0.1) is 0 Å². The van der Waals surface area contributed by atoms with Crippen molar-refractivity contribution in [1.82, 2.24) is 4.90 Å². The molecule has 1 heterocycles. The average molecular weight is 228 g/mol. The molecule has 0 atom stereocenters. The van der Waals surface area contributed by atoms with Crippen LogP contribution in [0.5, 0.6) is 0 Å². The summed E-state index contributed by atoms with van der Waals surface area (Å²) in [6.45, 7) is 1.02. The van der Waals surface area contributed by atoms with Crippen molar-refractivity contribution in [3.05, 3.63) is 42.7 Å². The first kappa shape index (κ1) is 10.7. The van der Waals surface area contributed by atoms with Crippen LogP contribution < -0.4 is 4.90 Å². The molecule has 2 aliphatic rings. The van der Waals surface area contributed by atoms with E-state index >= 15 is 0 Å². The van der Waals surface area contributed by atoms with E-state index in [9.17, 15) is 0 Å². The lowest BCUT2D eigenvalue weighted by Crippen LogP contribution is -2.35. The molecule has 2 nitrogen and oxygen atoms in total. The molecule has 0 radical (unpaired) electrons. The van der Waals surface area contributed by atoms with E-state index in [2.05, 4.69) is 52.5 Å². The van der Waals surface area contributed by atoms with E-state index in [1.165, 1.54) is 37.8 Å². The van der Waals surface area contributed by atoms with Crippen LogP contribution in [0.4, 0.5) is 5.69 Å². The molecule has 1 aromatic rings. The third-order valence-corrected chi connectivity index (χ3v) is 3.89. The number of benzene rings is 1. The largest absolute Gasteiger partial charge is 0.355 e. The standard InChI is InChI=1S/C15H20N2/c1-3-7-14(8-4-1)16-11-12-17(13-16)15-9-5-2-6-10-15/h1,3-4,7-8,11-12,15H,2,5-6,9-10,13H2. The van der Waals surface area contributed by atoms with Crippen LogP contribution in [-0.2, 0) is 0 Å². The van der Waals surface area contributed by atoms with Gasteiger partial charge in [0, 0.05) is 24.1 Å². The first-order chi connectivity index (χ1) is 8.43. The molecule has 0 N–H and O–H groups in total. The Morgan fingerprint density at radius 1 is 0.882 bits per heavy atom. The molecular formula is C15H20N2. The Kier molecular flexibility index (Phi) is 3.04. The Labute approximate surface area is 104 Å². The van der Waals surface area contributed by atoms with Crippen molar-refractivity contribution >= 4 is 5.69 Å². The van der Waals surface area contributed by atoms with Gasteiger partial charge in [0.1, 0.15) is 0 Å². The maximum absolute atomic E-state index is 2.51. The van der Waals surface area contributed by atoms with Gasteiger partial charge >= 0.3 is 0 Å². The van der Waals surface area contributed by atoms with Crippen molar-refractivity contribution in [3.8, 4) is 0 Å². The molecule has 0 amide bonds. The minimum atomic E-state index is 0.772. The number of hydrogen-bond acceptors (Lipinski definition) is 2. The summed E-state index contributed by atoms with van der Waals surface area (Å²) in [6.07, 6.45) is 11.4. The molecule has 1 saturated carbocycles.